The van der Waals surface area contributed by atoms with Crippen molar-refractivity contribution in [1.82, 2.24) is 9.97 Å². The summed E-state index contributed by atoms with van der Waals surface area (Å²) in [6, 6.07) is 8.69. The van der Waals surface area contributed by atoms with Gasteiger partial charge >= 0.3 is 0 Å². The summed E-state index contributed by atoms with van der Waals surface area (Å²) in [5, 5.41) is 2.74. The molecule has 0 radical (unpaired) electrons. The van der Waals surface area contributed by atoms with Crippen molar-refractivity contribution in [2.75, 3.05) is 16.8 Å². The molecule has 0 saturated carbocycles. The maximum Gasteiger partial charge on any atom is 0.257 e. The minimum atomic E-state index is -0.221. The number of hydrogen-bond donors (Lipinski definition) is 1. The van der Waals surface area contributed by atoms with Crippen molar-refractivity contribution in [3.05, 3.63) is 48.3 Å². The lowest BCUT2D eigenvalue weighted by molar-refractivity contribution is 0.102. The third kappa shape index (κ3) is 3.72. The van der Waals surface area contributed by atoms with Crippen molar-refractivity contribution < 1.29 is 9.53 Å². The van der Waals surface area contributed by atoms with Crippen LogP contribution in [0.1, 0.15) is 16.8 Å². The van der Waals surface area contributed by atoms with E-state index in [1.54, 1.807) is 36.7 Å². The van der Waals surface area contributed by atoms with Crippen LogP contribution in [0.2, 0.25) is 0 Å². The summed E-state index contributed by atoms with van der Waals surface area (Å²) in [7, 11) is 0. The molecule has 3 rings (SSSR count). The van der Waals surface area contributed by atoms with Crippen molar-refractivity contribution >= 4 is 23.5 Å². The standard InChI is InChI=1S/C15H15N3O2S/c19-15(18-13-3-1-2-6-16-13)11-4-7-17-14(9-11)20-12-5-8-21-10-12/h1-4,6-7,9,12H,5,8,10H2,(H,16,18,19). The average molecular weight is 301 g/mol. The number of pyridine rings is 2. The molecule has 1 unspecified atom stereocenters. The highest BCUT2D eigenvalue weighted by Gasteiger charge is 2.18. The molecular weight excluding hydrogens is 286 g/mol. The molecule has 0 bridgehead atoms. The van der Waals surface area contributed by atoms with Crippen molar-refractivity contribution in [3.8, 4) is 5.88 Å². The van der Waals surface area contributed by atoms with E-state index in [-0.39, 0.29) is 12.0 Å². The fourth-order valence-electron chi connectivity index (χ4n) is 2.02. The molecule has 0 aliphatic carbocycles. The van der Waals surface area contributed by atoms with Crippen molar-refractivity contribution in [2.45, 2.75) is 12.5 Å². The van der Waals surface area contributed by atoms with E-state index < -0.39 is 0 Å². The molecule has 0 spiro atoms. The normalized spacial score (nSPS) is 17.4. The Bertz CT molecular complexity index is 615. The van der Waals surface area contributed by atoms with E-state index in [0.29, 0.717) is 17.3 Å². The van der Waals surface area contributed by atoms with Gasteiger partial charge in [-0.15, -0.1) is 0 Å². The number of aromatic nitrogens is 2. The van der Waals surface area contributed by atoms with E-state index in [2.05, 4.69) is 15.3 Å². The Morgan fingerprint density at radius 1 is 1.29 bits per heavy atom. The Kier molecular flexibility index (Phi) is 4.35. The number of nitrogens with one attached hydrogen (secondary N) is 1. The molecule has 1 amide bonds. The molecule has 1 fully saturated rings. The molecule has 108 valence electrons. The second-order valence-corrected chi connectivity index (χ2v) is 5.81. The molecule has 21 heavy (non-hydrogen) atoms. The van der Waals surface area contributed by atoms with Gasteiger partial charge in [0.15, 0.2) is 0 Å². The molecule has 1 saturated heterocycles. The quantitative estimate of drug-likeness (QED) is 0.940. The Morgan fingerprint density at radius 3 is 3.00 bits per heavy atom. The monoisotopic (exact) mass is 301 g/mol. The van der Waals surface area contributed by atoms with Gasteiger partial charge in [0, 0.05) is 29.8 Å². The lowest BCUT2D eigenvalue weighted by Gasteiger charge is -2.12. The zero-order valence-electron chi connectivity index (χ0n) is 11.4. The summed E-state index contributed by atoms with van der Waals surface area (Å²) in [6.45, 7) is 0. The maximum atomic E-state index is 12.2. The molecule has 6 heteroatoms. The first-order valence-corrected chi connectivity index (χ1v) is 7.89. The van der Waals surface area contributed by atoms with Crippen molar-refractivity contribution in [1.29, 1.82) is 0 Å². The molecule has 3 heterocycles. The van der Waals surface area contributed by atoms with E-state index in [4.69, 9.17) is 4.74 Å². The van der Waals surface area contributed by atoms with E-state index in [0.717, 1.165) is 17.9 Å². The van der Waals surface area contributed by atoms with Gasteiger partial charge < -0.3 is 10.1 Å². The number of amides is 1. The highest BCUT2D eigenvalue weighted by molar-refractivity contribution is 7.99. The third-order valence-electron chi connectivity index (χ3n) is 3.08. The van der Waals surface area contributed by atoms with Crippen LogP contribution in [0.25, 0.3) is 0 Å². The van der Waals surface area contributed by atoms with Gasteiger partial charge in [-0.2, -0.15) is 11.8 Å². The lowest BCUT2D eigenvalue weighted by Crippen LogP contribution is -2.17. The van der Waals surface area contributed by atoms with Crippen LogP contribution in [0, 0.1) is 0 Å². The van der Waals surface area contributed by atoms with Crippen LogP contribution >= 0.6 is 11.8 Å². The van der Waals surface area contributed by atoms with Crippen LogP contribution in [-0.2, 0) is 0 Å². The number of thioether (sulfide) groups is 1. The summed E-state index contributed by atoms with van der Waals surface area (Å²) < 4.78 is 5.79. The van der Waals surface area contributed by atoms with Gasteiger partial charge in [-0.25, -0.2) is 9.97 Å². The average Bonchev–Trinajstić information content (AvgIpc) is 3.01. The van der Waals surface area contributed by atoms with Gasteiger partial charge in [-0.05, 0) is 30.4 Å². The molecule has 1 atom stereocenters. The Balaban J connectivity index is 1.68. The zero-order valence-corrected chi connectivity index (χ0v) is 12.2. The second-order valence-electron chi connectivity index (χ2n) is 4.66. The number of hydrogen-bond acceptors (Lipinski definition) is 5. The number of anilines is 1. The summed E-state index contributed by atoms with van der Waals surface area (Å²) >= 11 is 1.87. The molecule has 0 aromatic carbocycles. The van der Waals surface area contributed by atoms with Crippen LogP contribution in [-0.4, -0.2) is 33.5 Å². The van der Waals surface area contributed by atoms with Gasteiger partial charge in [-0.1, -0.05) is 6.07 Å². The largest absolute Gasteiger partial charge is 0.473 e. The summed E-state index contributed by atoms with van der Waals surface area (Å²) in [5.74, 6) is 2.89. The predicted octanol–water partition coefficient (Wildman–Crippen LogP) is 2.61. The number of nitrogens with zero attached hydrogens (tertiary/aromatic N) is 2. The fourth-order valence-corrected chi connectivity index (χ4v) is 3.11. The van der Waals surface area contributed by atoms with E-state index in [9.17, 15) is 4.79 Å². The predicted molar refractivity (Wildman–Crippen MR) is 82.8 cm³/mol. The third-order valence-corrected chi connectivity index (χ3v) is 4.21. The Morgan fingerprint density at radius 2 is 2.24 bits per heavy atom. The Hall–Kier alpha value is -2.08. The first-order valence-electron chi connectivity index (χ1n) is 6.74. The van der Waals surface area contributed by atoms with Crippen LogP contribution in [0.15, 0.2) is 42.7 Å². The van der Waals surface area contributed by atoms with E-state index in [1.165, 1.54) is 0 Å². The van der Waals surface area contributed by atoms with Gasteiger partial charge in [0.05, 0.1) is 0 Å². The number of ether oxygens (including phenoxy) is 1. The van der Waals surface area contributed by atoms with Crippen LogP contribution < -0.4 is 10.1 Å². The minimum absolute atomic E-state index is 0.191. The molecule has 2 aromatic heterocycles. The van der Waals surface area contributed by atoms with E-state index >= 15 is 0 Å². The highest BCUT2D eigenvalue weighted by Crippen LogP contribution is 2.22. The maximum absolute atomic E-state index is 12.2. The summed E-state index contributed by atoms with van der Waals surface area (Å²) in [4.78, 5) is 20.4. The van der Waals surface area contributed by atoms with Gasteiger partial charge in [0.1, 0.15) is 11.9 Å². The second kappa shape index (κ2) is 6.58. The van der Waals surface area contributed by atoms with E-state index in [1.807, 2.05) is 17.8 Å². The van der Waals surface area contributed by atoms with Crippen molar-refractivity contribution in [3.63, 3.8) is 0 Å². The molecular formula is C15H15N3O2S. The van der Waals surface area contributed by atoms with Gasteiger partial charge in [0.2, 0.25) is 5.88 Å². The highest BCUT2D eigenvalue weighted by atomic mass is 32.2. The zero-order chi connectivity index (χ0) is 14.5. The first-order chi connectivity index (χ1) is 10.3. The number of carbonyl (C=O) groups is 1. The molecule has 5 nitrogen and oxygen atoms in total. The minimum Gasteiger partial charge on any atom is -0.473 e. The molecule has 2 aromatic rings. The van der Waals surface area contributed by atoms with Gasteiger partial charge in [-0.3, -0.25) is 4.79 Å². The molecule has 1 aliphatic heterocycles. The Labute approximate surface area is 127 Å². The summed E-state index contributed by atoms with van der Waals surface area (Å²) in [5.41, 5.74) is 0.510. The topological polar surface area (TPSA) is 64.1 Å². The van der Waals surface area contributed by atoms with Crippen LogP contribution in [0.5, 0.6) is 5.88 Å². The van der Waals surface area contributed by atoms with Crippen molar-refractivity contribution in [2.24, 2.45) is 0 Å². The molecule has 1 aliphatic rings. The lowest BCUT2D eigenvalue weighted by atomic mass is 10.2. The first kappa shape index (κ1) is 13.9. The number of carbonyl (C=O) groups excluding carboxylic acids is 1. The smallest absolute Gasteiger partial charge is 0.257 e. The SMILES string of the molecule is O=C(Nc1ccccn1)c1ccnc(OC2CCSC2)c1. The van der Waals surface area contributed by atoms with Gasteiger partial charge in [0.25, 0.3) is 5.91 Å². The molecule has 1 N–H and O–H groups in total. The summed E-state index contributed by atoms with van der Waals surface area (Å²) in [6.07, 6.45) is 4.44. The fraction of sp³-hybridized carbons (Fsp3) is 0.267. The number of rotatable bonds is 4. The van der Waals surface area contributed by atoms with Crippen LogP contribution in [0.4, 0.5) is 5.82 Å². The van der Waals surface area contributed by atoms with Crippen LogP contribution in [0.3, 0.4) is 0 Å².